The third-order valence-electron chi connectivity index (χ3n) is 4.52. The average Bonchev–Trinajstić information content (AvgIpc) is 3.00. The van der Waals surface area contributed by atoms with Gasteiger partial charge < -0.3 is 5.32 Å². The Hall–Kier alpha value is -0.120. The zero-order valence-electron chi connectivity index (χ0n) is 11.6. The Morgan fingerprint density at radius 1 is 1.24 bits per heavy atom. The molecule has 0 aromatic rings. The maximum Gasteiger partial charge on any atom is 0.0235 e. The molecule has 0 saturated carbocycles. The molecule has 2 saturated heterocycles. The van der Waals surface area contributed by atoms with E-state index in [4.69, 9.17) is 0 Å². The van der Waals surface area contributed by atoms with Crippen molar-refractivity contribution in [3.8, 4) is 0 Å². The van der Waals surface area contributed by atoms with Gasteiger partial charge in [-0.2, -0.15) is 0 Å². The molecule has 0 spiro atoms. The van der Waals surface area contributed by atoms with E-state index in [1.807, 2.05) is 7.05 Å². The van der Waals surface area contributed by atoms with Crippen molar-refractivity contribution in [2.24, 2.45) is 0 Å². The molecule has 0 aromatic heterocycles. The molecule has 3 nitrogen and oxygen atoms in total. The van der Waals surface area contributed by atoms with Crippen LogP contribution >= 0.6 is 0 Å². The van der Waals surface area contributed by atoms with Crippen molar-refractivity contribution in [1.82, 2.24) is 15.1 Å². The molecular formula is C14H29N3. The Balaban J connectivity index is 1.69. The van der Waals surface area contributed by atoms with Gasteiger partial charge in [-0.25, -0.2) is 0 Å². The summed E-state index contributed by atoms with van der Waals surface area (Å²) in [4.78, 5) is 5.43. The quantitative estimate of drug-likeness (QED) is 0.710. The standard InChI is InChI=1S/C14H29N3/c1-13(6-5-8-15-2)17-11-7-14(12-17)16-9-3-4-10-16/h13-15H,3-12H2,1-2H3. The van der Waals surface area contributed by atoms with E-state index in [1.165, 1.54) is 58.3 Å². The zero-order chi connectivity index (χ0) is 12.1. The second-order valence-electron chi connectivity index (χ2n) is 5.78. The maximum atomic E-state index is 3.24. The number of nitrogens with one attached hydrogen (secondary N) is 1. The molecule has 1 N–H and O–H groups in total. The first-order valence-electron chi connectivity index (χ1n) is 7.44. The lowest BCUT2D eigenvalue weighted by Crippen LogP contribution is -2.38. The minimum absolute atomic E-state index is 0.774. The monoisotopic (exact) mass is 239 g/mol. The molecule has 3 heteroatoms. The highest BCUT2D eigenvalue weighted by Gasteiger charge is 2.30. The van der Waals surface area contributed by atoms with Crippen molar-refractivity contribution < 1.29 is 0 Å². The Morgan fingerprint density at radius 2 is 2.00 bits per heavy atom. The largest absolute Gasteiger partial charge is 0.320 e. The van der Waals surface area contributed by atoms with E-state index in [9.17, 15) is 0 Å². The highest BCUT2D eigenvalue weighted by Crippen LogP contribution is 2.22. The van der Waals surface area contributed by atoms with Crippen molar-refractivity contribution in [1.29, 1.82) is 0 Å². The lowest BCUT2D eigenvalue weighted by molar-refractivity contribution is 0.200. The van der Waals surface area contributed by atoms with E-state index >= 15 is 0 Å². The first kappa shape index (κ1) is 13.3. The van der Waals surface area contributed by atoms with Crippen LogP contribution in [0.15, 0.2) is 0 Å². The number of hydrogen-bond donors (Lipinski definition) is 1. The number of hydrogen-bond acceptors (Lipinski definition) is 3. The van der Waals surface area contributed by atoms with Gasteiger partial charge in [-0.15, -0.1) is 0 Å². The van der Waals surface area contributed by atoms with Gasteiger partial charge in [0.1, 0.15) is 0 Å². The lowest BCUT2D eigenvalue weighted by atomic mass is 10.1. The van der Waals surface area contributed by atoms with E-state index in [1.54, 1.807) is 0 Å². The lowest BCUT2D eigenvalue weighted by Gasteiger charge is -2.27. The summed E-state index contributed by atoms with van der Waals surface area (Å²) in [6, 6.07) is 1.64. The van der Waals surface area contributed by atoms with Gasteiger partial charge in [-0.05, 0) is 65.7 Å². The second-order valence-corrected chi connectivity index (χ2v) is 5.78. The summed E-state index contributed by atoms with van der Waals surface area (Å²) in [6.45, 7) is 8.91. The van der Waals surface area contributed by atoms with Crippen LogP contribution in [0.3, 0.4) is 0 Å². The zero-order valence-corrected chi connectivity index (χ0v) is 11.6. The minimum atomic E-state index is 0.774. The maximum absolute atomic E-state index is 3.24. The van der Waals surface area contributed by atoms with E-state index in [-0.39, 0.29) is 0 Å². The summed E-state index contributed by atoms with van der Waals surface area (Å²) in [5, 5.41) is 3.24. The fraction of sp³-hybridized carbons (Fsp3) is 1.00. The highest BCUT2D eigenvalue weighted by atomic mass is 15.3. The predicted octanol–water partition coefficient (Wildman–Crippen LogP) is 1.54. The number of nitrogens with zero attached hydrogens (tertiary/aromatic N) is 2. The molecule has 17 heavy (non-hydrogen) atoms. The van der Waals surface area contributed by atoms with Crippen LogP contribution in [0.1, 0.15) is 39.0 Å². The summed E-state index contributed by atoms with van der Waals surface area (Å²) in [5.74, 6) is 0. The molecule has 2 aliphatic rings. The molecule has 2 unspecified atom stereocenters. The number of rotatable bonds is 6. The topological polar surface area (TPSA) is 18.5 Å². The first-order valence-corrected chi connectivity index (χ1v) is 7.44. The number of likely N-dealkylation sites (tertiary alicyclic amines) is 2. The van der Waals surface area contributed by atoms with Crippen LogP contribution in [-0.4, -0.2) is 61.7 Å². The Morgan fingerprint density at radius 3 is 2.71 bits per heavy atom. The van der Waals surface area contributed by atoms with Crippen LogP contribution in [0.4, 0.5) is 0 Å². The molecule has 0 bridgehead atoms. The summed E-state index contributed by atoms with van der Waals surface area (Å²) in [7, 11) is 2.05. The van der Waals surface area contributed by atoms with E-state index in [0.29, 0.717) is 0 Å². The van der Waals surface area contributed by atoms with Crippen molar-refractivity contribution in [2.45, 2.75) is 51.1 Å². The molecule has 2 aliphatic heterocycles. The van der Waals surface area contributed by atoms with Crippen molar-refractivity contribution in [3.63, 3.8) is 0 Å². The van der Waals surface area contributed by atoms with Crippen LogP contribution in [0.25, 0.3) is 0 Å². The molecule has 0 aliphatic carbocycles. The van der Waals surface area contributed by atoms with Crippen molar-refractivity contribution >= 4 is 0 Å². The fourth-order valence-electron chi connectivity index (χ4n) is 3.33. The average molecular weight is 239 g/mol. The van der Waals surface area contributed by atoms with E-state index in [2.05, 4.69) is 22.0 Å². The fourth-order valence-corrected chi connectivity index (χ4v) is 3.33. The molecule has 0 aromatic carbocycles. The Bertz CT molecular complexity index is 214. The van der Waals surface area contributed by atoms with Gasteiger partial charge in [-0.1, -0.05) is 0 Å². The summed E-state index contributed by atoms with van der Waals surface area (Å²) in [5.41, 5.74) is 0. The van der Waals surface area contributed by atoms with Gasteiger partial charge in [0.25, 0.3) is 0 Å². The Kier molecular flexibility index (Phi) is 5.26. The molecule has 2 heterocycles. The smallest absolute Gasteiger partial charge is 0.0235 e. The van der Waals surface area contributed by atoms with Gasteiger partial charge in [0.2, 0.25) is 0 Å². The first-order chi connectivity index (χ1) is 8.31. The van der Waals surface area contributed by atoms with Crippen molar-refractivity contribution in [3.05, 3.63) is 0 Å². The van der Waals surface area contributed by atoms with Gasteiger partial charge in [-0.3, -0.25) is 9.80 Å². The van der Waals surface area contributed by atoms with Crippen LogP contribution in [0.2, 0.25) is 0 Å². The normalized spacial score (nSPS) is 28.9. The van der Waals surface area contributed by atoms with Crippen LogP contribution in [0, 0.1) is 0 Å². The minimum Gasteiger partial charge on any atom is -0.320 e. The van der Waals surface area contributed by atoms with Gasteiger partial charge >= 0.3 is 0 Å². The van der Waals surface area contributed by atoms with Gasteiger partial charge in [0, 0.05) is 25.2 Å². The third-order valence-corrected chi connectivity index (χ3v) is 4.52. The summed E-state index contributed by atoms with van der Waals surface area (Å²) in [6.07, 6.45) is 6.90. The SMILES string of the molecule is CNCCCC(C)N1CCC(N2CCCC2)C1. The molecule has 2 fully saturated rings. The second kappa shape index (κ2) is 6.72. The van der Waals surface area contributed by atoms with Crippen LogP contribution in [0.5, 0.6) is 0 Å². The van der Waals surface area contributed by atoms with Crippen molar-refractivity contribution in [2.75, 3.05) is 39.8 Å². The molecule has 2 rings (SSSR count). The highest BCUT2D eigenvalue weighted by molar-refractivity contribution is 4.87. The molecule has 2 atom stereocenters. The summed E-state index contributed by atoms with van der Waals surface area (Å²) < 4.78 is 0. The van der Waals surface area contributed by atoms with E-state index < -0.39 is 0 Å². The Labute approximate surface area is 107 Å². The molecule has 100 valence electrons. The van der Waals surface area contributed by atoms with Crippen LogP contribution < -0.4 is 5.32 Å². The molecular weight excluding hydrogens is 210 g/mol. The van der Waals surface area contributed by atoms with Gasteiger partial charge in [0.15, 0.2) is 0 Å². The molecule has 0 radical (unpaired) electrons. The summed E-state index contributed by atoms with van der Waals surface area (Å²) >= 11 is 0. The third kappa shape index (κ3) is 3.67. The van der Waals surface area contributed by atoms with Crippen LogP contribution in [-0.2, 0) is 0 Å². The predicted molar refractivity (Wildman–Crippen MR) is 73.4 cm³/mol. The molecule has 0 amide bonds. The van der Waals surface area contributed by atoms with Gasteiger partial charge in [0.05, 0.1) is 0 Å². The van der Waals surface area contributed by atoms with E-state index in [0.717, 1.165) is 18.6 Å².